The average molecular weight is 234 g/mol. The van der Waals surface area contributed by atoms with Gasteiger partial charge in [-0.25, -0.2) is 0 Å². The Bertz CT molecular complexity index is 625. The van der Waals surface area contributed by atoms with Gasteiger partial charge in [-0.05, 0) is 49.4 Å². The van der Waals surface area contributed by atoms with E-state index < -0.39 is 0 Å². The van der Waals surface area contributed by atoms with E-state index in [0.717, 1.165) is 6.42 Å². The summed E-state index contributed by atoms with van der Waals surface area (Å²) in [5.41, 5.74) is 9.72. The molecule has 0 aromatic heterocycles. The standard InChI is InChI=1S/C18H18/c1-12-7-13(2)10-16(9-12)17-6-4-5-15-8-14(3)11-18(15)17/h4-7,9-11H,8H2,1-3H3. The number of fused-ring (bicyclic) bond motifs is 1. The molecule has 0 radical (unpaired) electrons. The van der Waals surface area contributed by atoms with E-state index in [2.05, 4.69) is 63.2 Å². The fourth-order valence-corrected chi connectivity index (χ4v) is 2.92. The van der Waals surface area contributed by atoms with Crippen molar-refractivity contribution < 1.29 is 0 Å². The van der Waals surface area contributed by atoms with Crippen LogP contribution in [0.4, 0.5) is 0 Å². The van der Waals surface area contributed by atoms with Crippen LogP contribution in [-0.2, 0) is 6.42 Å². The second kappa shape index (κ2) is 4.13. The zero-order chi connectivity index (χ0) is 12.7. The third-order valence-corrected chi connectivity index (χ3v) is 3.59. The van der Waals surface area contributed by atoms with Gasteiger partial charge >= 0.3 is 0 Å². The van der Waals surface area contributed by atoms with Gasteiger partial charge in [0.25, 0.3) is 0 Å². The summed E-state index contributed by atoms with van der Waals surface area (Å²) in [7, 11) is 0. The van der Waals surface area contributed by atoms with Gasteiger partial charge in [0.05, 0.1) is 0 Å². The molecule has 0 saturated heterocycles. The highest BCUT2D eigenvalue weighted by atomic mass is 14.2. The van der Waals surface area contributed by atoms with Crippen LogP contribution in [-0.4, -0.2) is 0 Å². The lowest BCUT2D eigenvalue weighted by Crippen LogP contribution is -1.88. The van der Waals surface area contributed by atoms with E-state index in [4.69, 9.17) is 0 Å². The van der Waals surface area contributed by atoms with Crippen molar-refractivity contribution in [1.29, 1.82) is 0 Å². The summed E-state index contributed by atoms with van der Waals surface area (Å²) in [5.74, 6) is 0. The molecule has 0 fully saturated rings. The number of benzene rings is 2. The van der Waals surface area contributed by atoms with Crippen LogP contribution in [0.3, 0.4) is 0 Å². The fraction of sp³-hybridized carbons (Fsp3) is 0.222. The Labute approximate surface area is 109 Å². The Balaban J connectivity index is 2.21. The van der Waals surface area contributed by atoms with Crippen LogP contribution in [0, 0.1) is 13.8 Å². The first-order chi connectivity index (χ1) is 8.63. The van der Waals surface area contributed by atoms with Crippen molar-refractivity contribution in [2.24, 2.45) is 0 Å². The first-order valence-electron chi connectivity index (χ1n) is 6.51. The number of rotatable bonds is 1. The molecule has 2 aromatic rings. The van der Waals surface area contributed by atoms with Crippen LogP contribution >= 0.6 is 0 Å². The van der Waals surface area contributed by atoms with Gasteiger partial charge in [0.2, 0.25) is 0 Å². The maximum atomic E-state index is 2.34. The van der Waals surface area contributed by atoms with Crippen molar-refractivity contribution in [3.05, 3.63) is 64.2 Å². The minimum atomic E-state index is 1.11. The molecule has 0 unspecified atom stereocenters. The Morgan fingerprint density at radius 2 is 1.61 bits per heavy atom. The first-order valence-corrected chi connectivity index (χ1v) is 6.51. The maximum absolute atomic E-state index is 2.34. The summed E-state index contributed by atoms with van der Waals surface area (Å²) in [5, 5.41) is 0. The molecule has 1 aliphatic carbocycles. The summed E-state index contributed by atoms with van der Waals surface area (Å²) in [4.78, 5) is 0. The largest absolute Gasteiger partial charge is 0.0683 e. The second-order valence-corrected chi connectivity index (χ2v) is 5.42. The van der Waals surface area contributed by atoms with Gasteiger partial charge in [0.15, 0.2) is 0 Å². The molecule has 0 N–H and O–H groups in total. The van der Waals surface area contributed by atoms with Gasteiger partial charge in [-0.2, -0.15) is 0 Å². The zero-order valence-corrected chi connectivity index (χ0v) is 11.2. The molecule has 0 spiro atoms. The van der Waals surface area contributed by atoms with Gasteiger partial charge in [-0.1, -0.05) is 59.2 Å². The maximum Gasteiger partial charge on any atom is -0.00604 e. The van der Waals surface area contributed by atoms with E-state index in [1.807, 2.05) is 0 Å². The molecule has 1 aliphatic rings. The fourth-order valence-electron chi connectivity index (χ4n) is 2.92. The Hall–Kier alpha value is -1.82. The van der Waals surface area contributed by atoms with Crippen molar-refractivity contribution in [1.82, 2.24) is 0 Å². The molecular weight excluding hydrogens is 216 g/mol. The minimum absolute atomic E-state index is 1.11. The average Bonchev–Trinajstić information content (AvgIpc) is 2.67. The molecule has 2 aromatic carbocycles. The normalized spacial score (nSPS) is 13.4. The van der Waals surface area contributed by atoms with Gasteiger partial charge in [0.1, 0.15) is 0 Å². The van der Waals surface area contributed by atoms with Crippen molar-refractivity contribution in [3.8, 4) is 11.1 Å². The molecule has 3 rings (SSSR count). The van der Waals surface area contributed by atoms with Crippen LogP contribution in [0.15, 0.2) is 42.0 Å². The van der Waals surface area contributed by atoms with Gasteiger partial charge < -0.3 is 0 Å². The third kappa shape index (κ3) is 1.88. The molecule has 0 heterocycles. The van der Waals surface area contributed by atoms with Crippen LogP contribution in [0.1, 0.15) is 29.2 Å². The molecule has 0 heteroatoms. The predicted molar refractivity (Wildman–Crippen MR) is 78.7 cm³/mol. The number of hydrogen-bond acceptors (Lipinski definition) is 0. The van der Waals surface area contributed by atoms with E-state index in [1.54, 1.807) is 0 Å². The van der Waals surface area contributed by atoms with Crippen molar-refractivity contribution >= 4 is 6.08 Å². The van der Waals surface area contributed by atoms with Crippen LogP contribution in [0.5, 0.6) is 0 Å². The molecular formula is C18H18. The number of aryl methyl sites for hydroxylation is 2. The van der Waals surface area contributed by atoms with Crippen LogP contribution in [0.2, 0.25) is 0 Å². The van der Waals surface area contributed by atoms with Crippen molar-refractivity contribution in [2.75, 3.05) is 0 Å². The summed E-state index contributed by atoms with van der Waals surface area (Å²) in [6.45, 7) is 6.55. The van der Waals surface area contributed by atoms with E-state index in [1.165, 1.54) is 39.0 Å². The Morgan fingerprint density at radius 3 is 2.33 bits per heavy atom. The van der Waals surface area contributed by atoms with E-state index in [0.29, 0.717) is 0 Å². The second-order valence-electron chi connectivity index (χ2n) is 5.42. The van der Waals surface area contributed by atoms with Gasteiger partial charge in [-0.3, -0.25) is 0 Å². The van der Waals surface area contributed by atoms with Gasteiger partial charge in [0, 0.05) is 0 Å². The van der Waals surface area contributed by atoms with Crippen LogP contribution < -0.4 is 0 Å². The molecule has 0 saturated carbocycles. The van der Waals surface area contributed by atoms with Crippen molar-refractivity contribution in [2.45, 2.75) is 27.2 Å². The highest BCUT2D eigenvalue weighted by Crippen LogP contribution is 2.34. The summed E-state index contributed by atoms with van der Waals surface area (Å²) in [6.07, 6.45) is 3.44. The first kappa shape index (κ1) is 11.3. The minimum Gasteiger partial charge on any atom is -0.0683 e. The monoisotopic (exact) mass is 234 g/mol. The lowest BCUT2D eigenvalue weighted by Gasteiger charge is -2.10. The third-order valence-electron chi connectivity index (χ3n) is 3.59. The topological polar surface area (TPSA) is 0 Å². The zero-order valence-electron chi connectivity index (χ0n) is 11.2. The highest BCUT2D eigenvalue weighted by molar-refractivity contribution is 5.81. The predicted octanol–water partition coefficient (Wildman–Crippen LogP) is 4.93. The molecule has 0 atom stereocenters. The molecule has 0 bridgehead atoms. The SMILES string of the molecule is CC1=Cc2c(cccc2-c2cc(C)cc(C)c2)C1. The van der Waals surface area contributed by atoms with Gasteiger partial charge in [-0.15, -0.1) is 0 Å². The Kier molecular flexibility index (Phi) is 2.59. The van der Waals surface area contributed by atoms with Crippen LogP contribution in [0.25, 0.3) is 17.2 Å². The lowest BCUT2D eigenvalue weighted by molar-refractivity contribution is 1.20. The summed E-state index contributed by atoms with van der Waals surface area (Å²) >= 11 is 0. The van der Waals surface area contributed by atoms with Crippen molar-refractivity contribution in [3.63, 3.8) is 0 Å². The Morgan fingerprint density at radius 1 is 0.889 bits per heavy atom. The smallest absolute Gasteiger partial charge is 0.00604 e. The highest BCUT2D eigenvalue weighted by Gasteiger charge is 2.14. The molecule has 18 heavy (non-hydrogen) atoms. The van der Waals surface area contributed by atoms with E-state index in [-0.39, 0.29) is 0 Å². The quantitative estimate of drug-likeness (QED) is 0.656. The molecule has 90 valence electrons. The number of hydrogen-bond donors (Lipinski definition) is 0. The molecule has 0 nitrogen and oxygen atoms in total. The summed E-state index contributed by atoms with van der Waals surface area (Å²) < 4.78 is 0. The lowest BCUT2D eigenvalue weighted by atomic mass is 9.95. The molecule has 0 amide bonds. The molecule has 0 aliphatic heterocycles. The number of allylic oxidation sites excluding steroid dienone is 1. The van der Waals surface area contributed by atoms with E-state index in [9.17, 15) is 0 Å². The van der Waals surface area contributed by atoms with E-state index >= 15 is 0 Å². The summed E-state index contributed by atoms with van der Waals surface area (Å²) in [6, 6.07) is 13.5.